The lowest BCUT2D eigenvalue weighted by Gasteiger charge is -2.33. The van der Waals surface area contributed by atoms with Gasteiger partial charge in [-0.2, -0.15) is 0 Å². The van der Waals surface area contributed by atoms with Crippen molar-refractivity contribution < 1.29 is 9.47 Å². The van der Waals surface area contributed by atoms with E-state index in [9.17, 15) is 0 Å². The lowest BCUT2D eigenvalue weighted by atomic mass is 10.0. The number of hydrogen-bond donors (Lipinski definition) is 1. The normalized spacial score (nSPS) is 22.0. The molecule has 4 rings (SSSR count). The van der Waals surface area contributed by atoms with Crippen molar-refractivity contribution in [2.24, 2.45) is 0 Å². The molecule has 0 spiro atoms. The number of methoxy groups -OCH3 is 1. The number of benzene rings is 2. The van der Waals surface area contributed by atoms with E-state index in [1.54, 1.807) is 7.11 Å². The van der Waals surface area contributed by atoms with Crippen molar-refractivity contribution >= 4 is 10.8 Å². The molecule has 2 aliphatic rings. The van der Waals surface area contributed by atoms with Gasteiger partial charge in [-0.1, -0.05) is 30.3 Å². The van der Waals surface area contributed by atoms with Crippen LogP contribution in [0, 0.1) is 0 Å². The number of nitrogens with zero attached hydrogens (tertiary/aromatic N) is 1. The molecule has 1 unspecified atom stereocenters. The summed E-state index contributed by atoms with van der Waals surface area (Å²) in [6.07, 6.45) is 3.06. The molecular weight excluding hydrogens is 300 g/mol. The molecule has 2 aromatic carbocycles. The Hall–Kier alpha value is -1.62. The SMILES string of the molecule is COc1ccc(CNCC2CN(C3CC3)CCO2)c2ccccc12. The van der Waals surface area contributed by atoms with E-state index in [1.165, 1.54) is 29.2 Å². The first-order chi connectivity index (χ1) is 11.8. The summed E-state index contributed by atoms with van der Waals surface area (Å²) in [6.45, 7) is 4.80. The van der Waals surface area contributed by atoms with E-state index >= 15 is 0 Å². The summed E-state index contributed by atoms with van der Waals surface area (Å²) in [6, 6.07) is 13.5. The standard InChI is InChI=1S/C20H26N2O2/c1-23-20-9-6-15(18-4-2-3-5-19(18)20)12-21-13-17-14-22(10-11-24-17)16-7-8-16/h2-6,9,16-17,21H,7-8,10-14H2,1H3. The zero-order valence-electron chi connectivity index (χ0n) is 14.3. The number of fused-ring (bicyclic) bond motifs is 1. The van der Waals surface area contributed by atoms with Gasteiger partial charge in [0.1, 0.15) is 5.75 Å². The lowest BCUT2D eigenvalue weighted by molar-refractivity contribution is -0.0301. The maximum Gasteiger partial charge on any atom is 0.126 e. The lowest BCUT2D eigenvalue weighted by Crippen LogP contribution is -2.47. The van der Waals surface area contributed by atoms with Crippen LogP contribution in [0.2, 0.25) is 0 Å². The first kappa shape index (κ1) is 15.9. The fourth-order valence-corrected chi connectivity index (χ4v) is 3.67. The Morgan fingerprint density at radius 1 is 1.17 bits per heavy atom. The molecule has 1 N–H and O–H groups in total. The number of hydrogen-bond acceptors (Lipinski definition) is 4. The second-order valence-electron chi connectivity index (χ2n) is 6.82. The third kappa shape index (κ3) is 3.41. The van der Waals surface area contributed by atoms with Gasteiger partial charge in [-0.05, 0) is 29.9 Å². The number of rotatable bonds is 6. The zero-order chi connectivity index (χ0) is 16.4. The first-order valence-electron chi connectivity index (χ1n) is 8.96. The molecule has 1 saturated heterocycles. The van der Waals surface area contributed by atoms with Crippen molar-refractivity contribution in [2.45, 2.75) is 31.5 Å². The zero-order valence-corrected chi connectivity index (χ0v) is 14.3. The predicted octanol–water partition coefficient (Wildman–Crippen LogP) is 2.80. The van der Waals surface area contributed by atoms with Gasteiger partial charge in [-0.3, -0.25) is 4.90 Å². The predicted molar refractivity (Wildman–Crippen MR) is 96.5 cm³/mol. The Kier molecular flexibility index (Phi) is 4.69. The summed E-state index contributed by atoms with van der Waals surface area (Å²) in [5.41, 5.74) is 1.31. The number of morpholine rings is 1. The van der Waals surface area contributed by atoms with E-state index in [4.69, 9.17) is 9.47 Å². The van der Waals surface area contributed by atoms with Crippen LogP contribution in [0.15, 0.2) is 36.4 Å². The second kappa shape index (κ2) is 7.09. The molecule has 0 bridgehead atoms. The van der Waals surface area contributed by atoms with Crippen LogP contribution in [0.4, 0.5) is 0 Å². The molecule has 0 radical (unpaired) electrons. The average molecular weight is 326 g/mol. The van der Waals surface area contributed by atoms with E-state index in [2.05, 4.69) is 46.6 Å². The molecule has 1 aliphatic carbocycles. The Morgan fingerprint density at radius 2 is 2.00 bits per heavy atom. The van der Waals surface area contributed by atoms with Gasteiger partial charge in [0.05, 0.1) is 19.8 Å². The van der Waals surface area contributed by atoms with E-state index < -0.39 is 0 Å². The number of ether oxygens (including phenoxy) is 2. The van der Waals surface area contributed by atoms with Crippen LogP contribution in [0.1, 0.15) is 18.4 Å². The Morgan fingerprint density at radius 3 is 2.79 bits per heavy atom. The molecule has 4 heteroatoms. The van der Waals surface area contributed by atoms with E-state index in [1.807, 2.05) is 0 Å². The second-order valence-corrected chi connectivity index (χ2v) is 6.82. The molecule has 128 valence electrons. The van der Waals surface area contributed by atoms with Gasteiger partial charge in [0, 0.05) is 37.6 Å². The van der Waals surface area contributed by atoms with Gasteiger partial charge >= 0.3 is 0 Å². The van der Waals surface area contributed by atoms with E-state index in [0.717, 1.165) is 44.6 Å². The van der Waals surface area contributed by atoms with Gasteiger partial charge in [0.25, 0.3) is 0 Å². The first-order valence-corrected chi connectivity index (χ1v) is 8.96. The highest BCUT2D eigenvalue weighted by atomic mass is 16.5. The highest BCUT2D eigenvalue weighted by Crippen LogP contribution is 2.29. The van der Waals surface area contributed by atoms with Gasteiger partial charge in [-0.25, -0.2) is 0 Å². The maximum atomic E-state index is 5.92. The van der Waals surface area contributed by atoms with Crippen molar-refractivity contribution in [3.63, 3.8) is 0 Å². The van der Waals surface area contributed by atoms with Crippen molar-refractivity contribution in [1.29, 1.82) is 0 Å². The van der Waals surface area contributed by atoms with Crippen molar-refractivity contribution in [1.82, 2.24) is 10.2 Å². The fourth-order valence-electron chi connectivity index (χ4n) is 3.67. The van der Waals surface area contributed by atoms with Crippen LogP contribution < -0.4 is 10.1 Å². The van der Waals surface area contributed by atoms with Crippen molar-refractivity contribution in [3.8, 4) is 5.75 Å². The third-order valence-electron chi connectivity index (χ3n) is 5.12. The molecule has 1 heterocycles. The minimum atomic E-state index is 0.309. The fraction of sp³-hybridized carbons (Fsp3) is 0.500. The smallest absolute Gasteiger partial charge is 0.126 e. The summed E-state index contributed by atoms with van der Waals surface area (Å²) < 4.78 is 11.4. The highest BCUT2D eigenvalue weighted by Gasteiger charge is 2.32. The van der Waals surface area contributed by atoms with Crippen molar-refractivity contribution in [2.75, 3.05) is 33.4 Å². The third-order valence-corrected chi connectivity index (χ3v) is 5.12. The van der Waals surface area contributed by atoms with Crippen LogP contribution in [0.5, 0.6) is 5.75 Å². The molecule has 0 amide bonds. The van der Waals surface area contributed by atoms with Crippen LogP contribution >= 0.6 is 0 Å². The quantitative estimate of drug-likeness (QED) is 0.885. The average Bonchev–Trinajstić information content (AvgIpc) is 3.47. The molecule has 1 saturated carbocycles. The minimum Gasteiger partial charge on any atom is -0.496 e. The summed E-state index contributed by atoms with van der Waals surface area (Å²) in [5, 5.41) is 6.02. The molecule has 4 nitrogen and oxygen atoms in total. The molecule has 2 fully saturated rings. The maximum absolute atomic E-state index is 5.92. The van der Waals surface area contributed by atoms with Crippen LogP contribution in [0.25, 0.3) is 10.8 Å². The highest BCUT2D eigenvalue weighted by molar-refractivity contribution is 5.91. The van der Waals surface area contributed by atoms with E-state index in [0.29, 0.717) is 6.10 Å². The monoisotopic (exact) mass is 326 g/mol. The molecule has 2 aromatic rings. The molecule has 1 atom stereocenters. The van der Waals surface area contributed by atoms with E-state index in [-0.39, 0.29) is 0 Å². The largest absolute Gasteiger partial charge is 0.496 e. The summed E-state index contributed by atoms with van der Waals surface area (Å²) in [7, 11) is 1.73. The molecule has 24 heavy (non-hydrogen) atoms. The minimum absolute atomic E-state index is 0.309. The van der Waals surface area contributed by atoms with Gasteiger partial charge < -0.3 is 14.8 Å². The van der Waals surface area contributed by atoms with Gasteiger partial charge in [-0.15, -0.1) is 0 Å². The molecule has 1 aliphatic heterocycles. The molecular formula is C20H26N2O2. The number of nitrogens with one attached hydrogen (secondary N) is 1. The molecule has 0 aromatic heterocycles. The van der Waals surface area contributed by atoms with Gasteiger partial charge in [0.15, 0.2) is 0 Å². The summed E-state index contributed by atoms with van der Waals surface area (Å²) in [5.74, 6) is 0.935. The Bertz CT molecular complexity index is 699. The topological polar surface area (TPSA) is 33.7 Å². The summed E-state index contributed by atoms with van der Waals surface area (Å²) in [4.78, 5) is 2.60. The van der Waals surface area contributed by atoms with Crippen molar-refractivity contribution in [3.05, 3.63) is 42.0 Å². The summed E-state index contributed by atoms with van der Waals surface area (Å²) >= 11 is 0. The van der Waals surface area contributed by atoms with Gasteiger partial charge in [0.2, 0.25) is 0 Å². The Balaban J connectivity index is 1.38. The Labute approximate surface area is 143 Å². The van der Waals surface area contributed by atoms with Crippen LogP contribution in [-0.4, -0.2) is 50.4 Å². The van der Waals surface area contributed by atoms with Crippen LogP contribution in [-0.2, 0) is 11.3 Å². The van der Waals surface area contributed by atoms with Crippen LogP contribution in [0.3, 0.4) is 0 Å².